The molecule has 1 aliphatic heterocycles. The Balaban J connectivity index is 1.54. The van der Waals surface area contributed by atoms with Gasteiger partial charge in [-0.1, -0.05) is 18.2 Å². The molecule has 0 aliphatic carbocycles. The summed E-state index contributed by atoms with van der Waals surface area (Å²) < 4.78 is 8.07. The van der Waals surface area contributed by atoms with Crippen LogP contribution in [-0.2, 0) is 16.1 Å². The smallest absolute Gasteiger partial charge is 0.351 e. The number of nitrogens with zero attached hydrogens (tertiary/aromatic N) is 6. The van der Waals surface area contributed by atoms with E-state index in [1.54, 1.807) is 30.3 Å². The van der Waals surface area contributed by atoms with Gasteiger partial charge in [0.2, 0.25) is 11.6 Å². The third-order valence-corrected chi connectivity index (χ3v) is 5.27. The second-order valence-corrected chi connectivity index (χ2v) is 7.36. The Morgan fingerprint density at radius 3 is 2.78 bits per heavy atom. The van der Waals surface area contributed by atoms with E-state index in [4.69, 9.17) is 15.0 Å². The first-order valence-corrected chi connectivity index (χ1v) is 10.1. The number of benzene rings is 2. The number of nitriles is 1. The van der Waals surface area contributed by atoms with E-state index in [0.717, 1.165) is 4.68 Å². The first-order valence-electron chi connectivity index (χ1n) is 10.1. The van der Waals surface area contributed by atoms with E-state index in [0.29, 0.717) is 60.1 Å². The van der Waals surface area contributed by atoms with Gasteiger partial charge >= 0.3 is 5.69 Å². The summed E-state index contributed by atoms with van der Waals surface area (Å²) >= 11 is 0. The fraction of sp³-hybridized carbons (Fsp3) is 0.227. The number of fused-ring (bicyclic) bond motifs is 3. The predicted octanol–water partition coefficient (Wildman–Crippen LogP) is 1.39. The van der Waals surface area contributed by atoms with Crippen molar-refractivity contribution < 1.29 is 9.53 Å². The number of hydrogen-bond acceptors (Lipinski definition) is 7. The number of ether oxygens (including phenoxy) is 1. The number of amides is 1. The molecule has 0 saturated carbocycles. The Kier molecular flexibility index (Phi) is 5.01. The second-order valence-electron chi connectivity index (χ2n) is 7.36. The van der Waals surface area contributed by atoms with Crippen LogP contribution in [0.2, 0.25) is 0 Å². The first-order chi connectivity index (χ1) is 15.6. The monoisotopic (exact) mass is 429 g/mol. The molecule has 1 fully saturated rings. The summed E-state index contributed by atoms with van der Waals surface area (Å²) in [7, 11) is 0. The standard InChI is InChI=1S/C22H19N7O3/c23-13-15-4-3-5-16(12-15)24-19(30)14-28-22(31)29-18-7-2-1-6-17(18)25-20(21(29)26-28)27-8-10-32-11-9-27/h1-7,12H,8-11,14H2,(H,24,30). The van der Waals surface area contributed by atoms with E-state index in [1.165, 1.54) is 4.40 Å². The third-order valence-electron chi connectivity index (χ3n) is 5.27. The maximum absolute atomic E-state index is 13.2. The molecule has 1 saturated heterocycles. The molecular formula is C22H19N7O3. The highest BCUT2D eigenvalue weighted by molar-refractivity contribution is 5.90. The summed E-state index contributed by atoms with van der Waals surface area (Å²) in [6, 6.07) is 15.9. The molecule has 0 bridgehead atoms. The van der Waals surface area contributed by atoms with Gasteiger partial charge in [-0.05, 0) is 30.3 Å². The number of nitrogens with one attached hydrogen (secondary N) is 1. The van der Waals surface area contributed by atoms with E-state index >= 15 is 0 Å². The van der Waals surface area contributed by atoms with Crippen LogP contribution < -0.4 is 15.9 Å². The summed E-state index contributed by atoms with van der Waals surface area (Å²) in [4.78, 5) is 32.6. The van der Waals surface area contributed by atoms with E-state index in [1.807, 2.05) is 29.2 Å². The summed E-state index contributed by atoms with van der Waals surface area (Å²) in [6.07, 6.45) is 0. The molecule has 4 aromatic rings. The Hall–Kier alpha value is -4.23. The highest BCUT2D eigenvalue weighted by Gasteiger charge is 2.22. The lowest BCUT2D eigenvalue weighted by atomic mass is 10.2. The third kappa shape index (κ3) is 3.55. The van der Waals surface area contributed by atoms with Gasteiger partial charge in [0, 0.05) is 18.8 Å². The van der Waals surface area contributed by atoms with E-state index in [9.17, 15) is 9.59 Å². The van der Waals surface area contributed by atoms with Crippen molar-refractivity contribution in [2.24, 2.45) is 0 Å². The average molecular weight is 429 g/mol. The van der Waals surface area contributed by atoms with E-state index < -0.39 is 11.6 Å². The van der Waals surface area contributed by atoms with Crippen molar-refractivity contribution in [1.82, 2.24) is 19.2 Å². The zero-order chi connectivity index (χ0) is 22.1. The minimum absolute atomic E-state index is 0.270. The molecule has 1 amide bonds. The Morgan fingerprint density at radius 2 is 1.97 bits per heavy atom. The van der Waals surface area contributed by atoms with Crippen LogP contribution >= 0.6 is 0 Å². The lowest BCUT2D eigenvalue weighted by Crippen LogP contribution is -2.37. The molecule has 2 aromatic carbocycles. The number of anilines is 2. The van der Waals surface area contributed by atoms with Crippen LogP contribution in [0, 0.1) is 11.3 Å². The molecular weight excluding hydrogens is 410 g/mol. The molecule has 0 unspecified atom stereocenters. The Bertz CT molecular complexity index is 1430. The minimum atomic E-state index is -0.422. The highest BCUT2D eigenvalue weighted by atomic mass is 16.5. The number of hydrogen-bond donors (Lipinski definition) is 1. The Morgan fingerprint density at radius 1 is 1.16 bits per heavy atom. The average Bonchev–Trinajstić information content (AvgIpc) is 3.15. The summed E-state index contributed by atoms with van der Waals surface area (Å²) in [5.41, 5.74) is 2.18. The number of rotatable bonds is 4. The summed E-state index contributed by atoms with van der Waals surface area (Å²) in [5, 5.41) is 16.2. The van der Waals surface area contributed by atoms with Gasteiger partial charge in [-0.15, -0.1) is 5.10 Å². The second kappa shape index (κ2) is 8.13. The van der Waals surface area contributed by atoms with Crippen molar-refractivity contribution >= 4 is 34.1 Å². The number of morpholine rings is 1. The predicted molar refractivity (Wildman–Crippen MR) is 118 cm³/mol. The lowest BCUT2D eigenvalue weighted by molar-refractivity contribution is -0.117. The number of carbonyl (C=O) groups excluding carboxylic acids is 1. The van der Waals surface area contributed by atoms with Crippen molar-refractivity contribution in [2.75, 3.05) is 36.5 Å². The topological polar surface area (TPSA) is 118 Å². The first kappa shape index (κ1) is 19.7. The molecule has 0 atom stereocenters. The molecule has 32 heavy (non-hydrogen) atoms. The fourth-order valence-electron chi connectivity index (χ4n) is 3.77. The zero-order valence-corrected chi connectivity index (χ0v) is 17.1. The van der Waals surface area contributed by atoms with E-state index in [-0.39, 0.29) is 6.54 Å². The van der Waals surface area contributed by atoms with Gasteiger partial charge in [0.25, 0.3) is 0 Å². The number of para-hydroxylation sites is 2. The lowest BCUT2D eigenvalue weighted by Gasteiger charge is -2.27. The van der Waals surface area contributed by atoms with Gasteiger partial charge in [0.05, 0.1) is 35.9 Å². The fourth-order valence-corrected chi connectivity index (χ4v) is 3.77. The molecule has 1 aliphatic rings. The number of carbonyl (C=O) groups is 1. The van der Waals surface area contributed by atoms with Crippen LogP contribution in [-0.4, -0.2) is 51.4 Å². The highest BCUT2D eigenvalue weighted by Crippen LogP contribution is 2.23. The van der Waals surface area contributed by atoms with Crippen molar-refractivity contribution in [3.63, 3.8) is 0 Å². The zero-order valence-electron chi connectivity index (χ0n) is 17.1. The molecule has 5 rings (SSSR count). The molecule has 0 radical (unpaired) electrons. The maximum Gasteiger partial charge on any atom is 0.351 e. The van der Waals surface area contributed by atoms with E-state index in [2.05, 4.69) is 10.4 Å². The van der Waals surface area contributed by atoms with Gasteiger partial charge in [-0.2, -0.15) is 5.26 Å². The quantitative estimate of drug-likeness (QED) is 0.521. The normalized spacial score (nSPS) is 13.9. The van der Waals surface area contributed by atoms with Crippen LogP contribution in [0.3, 0.4) is 0 Å². The van der Waals surface area contributed by atoms with Gasteiger partial charge in [-0.25, -0.2) is 18.9 Å². The maximum atomic E-state index is 13.2. The summed E-state index contributed by atoms with van der Waals surface area (Å²) in [5.74, 6) is 0.167. The number of aromatic nitrogens is 4. The molecule has 3 heterocycles. The molecule has 2 aromatic heterocycles. The largest absolute Gasteiger partial charge is 0.378 e. The van der Waals surface area contributed by atoms with Crippen LogP contribution in [0.1, 0.15) is 5.56 Å². The SMILES string of the molecule is N#Cc1cccc(NC(=O)Cn2nc3c(N4CCOCC4)nc4ccccc4n3c2=O)c1. The van der Waals surface area contributed by atoms with Crippen LogP contribution in [0.4, 0.5) is 11.5 Å². The molecule has 0 spiro atoms. The van der Waals surface area contributed by atoms with Gasteiger partial charge < -0.3 is 15.0 Å². The summed E-state index contributed by atoms with van der Waals surface area (Å²) in [6.45, 7) is 2.13. The van der Waals surface area contributed by atoms with Crippen molar-refractivity contribution in [1.29, 1.82) is 5.26 Å². The van der Waals surface area contributed by atoms with Crippen molar-refractivity contribution in [3.8, 4) is 6.07 Å². The van der Waals surface area contributed by atoms with Gasteiger partial charge in [-0.3, -0.25) is 4.79 Å². The van der Waals surface area contributed by atoms with Crippen LogP contribution in [0.25, 0.3) is 16.7 Å². The molecule has 1 N–H and O–H groups in total. The van der Waals surface area contributed by atoms with Crippen molar-refractivity contribution in [2.45, 2.75) is 6.54 Å². The van der Waals surface area contributed by atoms with Gasteiger partial charge in [0.15, 0.2) is 5.82 Å². The minimum Gasteiger partial charge on any atom is -0.378 e. The van der Waals surface area contributed by atoms with Crippen molar-refractivity contribution in [3.05, 3.63) is 64.6 Å². The molecule has 160 valence electrons. The Labute approximate surface area is 182 Å². The van der Waals surface area contributed by atoms with Crippen LogP contribution in [0.15, 0.2) is 53.3 Å². The van der Waals surface area contributed by atoms with Gasteiger partial charge in [0.1, 0.15) is 6.54 Å². The molecule has 10 heteroatoms. The molecule has 10 nitrogen and oxygen atoms in total. The van der Waals surface area contributed by atoms with Crippen LogP contribution in [0.5, 0.6) is 0 Å².